The van der Waals surface area contributed by atoms with Crippen molar-refractivity contribution in [3.63, 3.8) is 0 Å². The third kappa shape index (κ3) is 1.10. The molecule has 0 amide bonds. The van der Waals surface area contributed by atoms with E-state index < -0.39 is 0 Å². The molecule has 1 aliphatic carbocycles. The van der Waals surface area contributed by atoms with Gasteiger partial charge in [-0.05, 0) is 36.6 Å². The van der Waals surface area contributed by atoms with Crippen LogP contribution in [0.25, 0.3) is 0 Å². The Morgan fingerprint density at radius 2 is 2.00 bits per heavy atom. The number of fused-ring (bicyclic) bond motifs is 2. The lowest BCUT2D eigenvalue weighted by Gasteiger charge is -2.30. The quantitative estimate of drug-likeness (QED) is 0.562. The molecule has 64 valence electrons. The highest BCUT2D eigenvalue weighted by molar-refractivity contribution is 5.03. The summed E-state index contributed by atoms with van der Waals surface area (Å²) in [6, 6.07) is 0.793. The van der Waals surface area contributed by atoms with Crippen molar-refractivity contribution in [2.24, 2.45) is 10.8 Å². The topological polar surface area (TPSA) is 12.0 Å². The maximum atomic E-state index is 3.63. The fraction of sp³-hybridized carbons (Fsp3) is 1.00. The second-order valence-electron chi connectivity index (χ2n) is 5.44. The lowest BCUT2D eigenvalue weighted by molar-refractivity contribution is 0.257. The van der Waals surface area contributed by atoms with Gasteiger partial charge in [-0.2, -0.15) is 0 Å². The van der Waals surface area contributed by atoms with Gasteiger partial charge in [0, 0.05) is 6.04 Å². The van der Waals surface area contributed by atoms with E-state index in [0.29, 0.717) is 10.8 Å². The molecule has 1 saturated heterocycles. The van der Waals surface area contributed by atoms with Gasteiger partial charge in [0.05, 0.1) is 0 Å². The Hall–Kier alpha value is -0.0400. The largest absolute Gasteiger partial charge is 0.313 e. The van der Waals surface area contributed by atoms with Crippen molar-refractivity contribution >= 4 is 0 Å². The first-order valence-electron chi connectivity index (χ1n) is 4.75. The number of hydrogen-bond acceptors (Lipinski definition) is 1. The highest BCUT2D eigenvalue weighted by Crippen LogP contribution is 2.52. The minimum Gasteiger partial charge on any atom is -0.313 e. The van der Waals surface area contributed by atoms with Gasteiger partial charge in [-0.25, -0.2) is 0 Å². The van der Waals surface area contributed by atoms with E-state index in [1.165, 1.54) is 25.8 Å². The highest BCUT2D eigenvalue weighted by atomic mass is 15.0. The normalized spacial score (nSPS) is 47.7. The summed E-state index contributed by atoms with van der Waals surface area (Å²) in [7, 11) is 0. The second-order valence-corrected chi connectivity index (χ2v) is 5.44. The molecule has 0 aromatic carbocycles. The predicted molar refractivity (Wildman–Crippen MR) is 47.5 cm³/mol. The summed E-state index contributed by atoms with van der Waals surface area (Å²) in [5.41, 5.74) is 1.21. The van der Waals surface area contributed by atoms with Gasteiger partial charge >= 0.3 is 0 Å². The highest BCUT2D eigenvalue weighted by Gasteiger charge is 2.48. The fourth-order valence-electron chi connectivity index (χ4n) is 3.15. The lowest BCUT2D eigenvalue weighted by Crippen LogP contribution is -2.40. The molecule has 2 atom stereocenters. The Balaban J connectivity index is 2.24. The summed E-state index contributed by atoms with van der Waals surface area (Å²) in [4.78, 5) is 0. The summed E-state index contributed by atoms with van der Waals surface area (Å²) < 4.78 is 0. The van der Waals surface area contributed by atoms with Gasteiger partial charge in [-0.1, -0.05) is 20.8 Å². The van der Waals surface area contributed by atoms with Crippen LogP contribution >= 0.6 is 0 Å². The number of nitrogens with one attached hydrogen (secondary N) is 1. The summed E-state index contributed by atoms with van der Waals surface area (Å²) in [6.07, 6.45) is 4.20. The second kappa shape index (κ2) is 2.01. The van der Waals surface area contributed by atoms with Gasteiger partial charge in [-0.3, -0.25) is 0 Å². The van der Waals surface area contributed by atoms with Crippen molar-refractivity contribution in [3.05, 3.63) is 0 Å². The molecule has 2 fully saturated rings. The van der Waals surface area contributed by atoms with Crippen molar-refractivity contribution in [2.75, 3.05) is 6.54 Å². The minimum absolute atomic E-state index is 0.547. The first kappa shape index (κ1) is 7.60. The van der Waals surface area contributed by atoms with Crippen LogP contribution in [0, 0.1) is 10.8 Å². The van der Waals surface area contributed by atoms with Gasteiger partial charge in [0.2, 0.25) is 0 Å². The van der Waals surface area contributed by atoms with Crippen molar-refractivity contribution in [3.8, 4) is 0 Å². The van der Waals surface area contributed by atoms with Crippen LogP contribution in [-0.2, 0) is 0 Å². The summed E-state index contributed by atoms with van der Waals surface area (Å²) in [6.45, 7) is 8.50. The molecule has 1 heterocycles. The van der Waals surface area contributed by atoms with Crippen molar-refractivity contribution < 1.29 is 0 Å². The zero-order valence-electron chi connectivity index (χ0n) is 7.91. The lowest BCUT2D eigenvalue weighted by atomic mass is 9.81. The molecular weight excluding hydrogens is 134 g/mol. The minimum atomic E-state index is 0.547. The average Bonchev–Trinajstić information content (AvgIpc) is 1.98. The Morgan fingerprint density at radius 3 is 2.55 bits per heavy atom. The zero-order valence-corrected chi connectivity index (χ0v) is 7.91. The number of piperidine rings is 1. The van der Waals surface area contributed by atoms with E-state index in [0.717, 1.165) is 6.04 Å². The van der Waals surface area contributed by atoms with Crippen molar-refractivity contribution in [1.29, 1.82) is 0 Å². The molecule has 2 rings (SSSR count). The summed E-state index contributed by atoms with van der Waals surface area (Å²) in [5.74, 6) is 0. The Kier molecular flexibility index (Phi) is 1.39. The molecule has 0 unspecified atom stereocenters. The molecule has 11 heavy (non-hydrogen) atoms. The SMILES string of the molecule is CC1(C)C[C@@]2(C)CCN[C@@H]1C2. The molecule has 1 nitrogen and oxygen atoms in total. The van der Waals surface area contributed by atoms with Gasteiger partial charge < -0.3 is 5.32 Å². The van der Waals surface area contributed by atoms with Crippen LogP contribution in [-0.4, -0.2) is 12.6 Å². The molecule has 2 bridgehead atoms. The van der Waals surface area contributed by atoms with Crippen molar-refractivity contribution in [1.82, 2.24) is 5.32 Å². The first-order valence-corrected chi connectivity index (χ1v) is 4.75. The van der Waals surface area contributed by atoms with Crippen LogP contribution in [0.3, 0.4) is 0 Å². The molecule has 1 saturated carbocycles. The van der Waals surface area contributed by atoms with E-state index in [1.54, 1.807) is 0 Å². The van der Waals surface area contributed by atoms with E-state index in [4.69, 9.17) is 0 Å². The third-order valence-corrected chi connectivity index (χ3v) is 3.64. The van der Waals surface area contributed by atoms with Gasteiger partial charge in [-0.15, -0.1) is 0 Å². The fourth-order valence-corrected chi connectivity index (χ4v) is 3.15. The van der Waals surface area contributed by atoms with E-state index in [1.807, 2.05) is 0 Å². The van der Waals surface area contributed by atoms with E-state index in [2.05, 4.69) is 26.1 Å². The van der Waals surface area contributed by atoms with Gasteiger partial charge in [0.15, 0.2) is 0 Å². The van der Waals surface area contributed by atoms with E-state index >= 15 is 0 Å². The summed E-state index contributed by atoms with van der Waals surface area (Å²) in [5, 5.41) is 3.63. The predicted octanol–water partition coefficient (Wildman–Crippen LogP) is 2.17. The Bertz CT molecular complexity index is 171. The van der Waals surface area contributed by atoms with Crippen LogP contribution in [0.4, 0.5) is 0 Å². The van der Waals surface area contributed by atoms with Crippen LogP contribution in [0.2, 0.25) is 0 Å². The first-order chi connectivity index (χ1) is 5.02. The molecule has 1 heteroatoms. The Morgan fingerprint density at radius 1 is 1.27 bits per heavy atom. The van der Waals surface area contributed by atoms with Gasteiger partial charge in [0.25, 0.3) is 0 Å². The molecule has 0 spiro atoms. The smallest absolute Gasteiger partial charge is 0.0124 e. The average molecular weight is 153 g/mol. The van der Waals surface area contributed by atoms with Crippen LogP contribution < -0.4 is 5.32 Å². The standard InChI is InChI=1S/C10H19N/c1-9(2)7-10(3)4-5-11-8(9)6-10/h8,11H,4-7H2,1-3H3/t8-,10+/m1/s1. The monoisotopic (exact) mass is 153 g/mol. The zero-order chi connectivity index (χ0) is 8.11. The van der Waals surface area contributed by atoms with Crippen LogP contribution in [0.15, 0.2) is 0 Å². The number of rotatable bonds is 0. The third-order valence-electron chi connectivity index (χ3n) is 3.64. The Labute approximate surface area is 69.6 Å². The molecule has 0 radical (unpaired) electrons. The summed E-state index contributed by atoms with van der Waals surface area (Å²) >= 11 is 0. The molecule has 0 aromatic heterocycles. The molecule has 2 aliphatic rings. The molecule has 1 N–H and O–H groups in total. The number of hydrogen-bond donors (Lipinski definition) is 1. The molecule has 0 aromatic rings. The van der Waals surface area contributed by atoms with Gasteiger partial charge in [0.1, 0.15) is 0 Å². The maximum absolute atomic E-state index is 3.63. The molecular formula is C10H19N. The van der Waals surface area contributed by atoms with Crippen molar-refractivity contribution in [2.45, 2.75) is 46.1 Å². The molecule has 1 aliphatic heterocycles. The van der Waals surface area contributed by atoms with E-state index in [-0.39, 0.29) is 0 Å². The van der Waals surface area contributed by atoms with E-state index in [9.17, 15) is 0 Å². The van der Waals surface area contributed by atoms with Crippen LogP contribution in [0.5, 0.6) is 0 Å². The maximum Gasteiger partial charge on any atom is 0.0124 e. The van der Waals surface area contributed by atoms with Crippen LogP contribution in [0.1, 0.15) is 40.0 Å².